The monoisotopic (exact) mass is 438 g/mol. The molecule has 0 radical (unpaired) electrons. The molecule has 0 aliphatic heterocycles. The van der Waals surface area contributed by atoms with Crippen LogP contribution in [0.3, 0.4) is 0 Å². The number of carbonyl (C=O) groups is 1. The minimum atomic E-state index is -0.367. The zero-order chi connectivity index (χ0) is 22.1. The summed E-state index contributed by atoms with van der Waals surface area (Å²) in [6, 6.07) is 20.1. The molecule has 0 unspecified atom stereocenters. The summed E-state index contributed by atoms with van der Waals surface area (Å²) >= 11 is 6.31. The van der Waals surface area contributed by atoms with Gasteiger partial charge in [-0.2, -0.15) is 5.10 Å². The van der Waals surface area contributed by atoms with Gasteiger partial charge in [-0.1, -0.05) is 41.9 Å². The summed E-state index contributed by atoms with van der Waals surface area (Å²) in [6.45, 7) is 2.75. The van der Waals surface area contributed by atoms with Crippen LogP contribution in [-0.4, -0.2) is 25.8 Å². The second-order valence-corrected chi connectivity index (χ2v) is 6.87. The molecule has 3 aromatic carbocycles. The van der Waals surface area contributed by atoms with Crippen LogP contribution < -0.4 is 19.6 Å². The summed E-state index contributed by atoms with van der Waals surface area (Å²) in [6.07, 6.45) is 1.51. The first kappa shape index (κ1) is 22.2. The van der Waals surface area contributed by atoms with E-state index in [1.54, 1.807) is 37.4 Å². The van der Waals surface area contributed by atoms with Gasteiger partial charge in [-0.25, -0.2) is 5.43 Å². The molecular formula is C24H23ClN2O4. The number of hydrogen-bond donors (Lipinski definition) is 1. The molecule has 1 amide bonds. The Labute approximate surface area is 186 Å². The summed E-state index contributed by atoms with van der Waals surface area (Å²) in [5.41, 5.74) is 4.68. The normalized spacial score (nSPS) is 10.7. The highest BCUT2D eigenvalue weighted by molar-refractivity contribution is 6.32. The van der Waals surface area contributed by atoms with Gasteiger partial charge in [0.15, 0.2) is 11.5 Å². The van der Waals surface area contributed by atoms with E-state index in [1.165, 1.54) is 6.21 Å². The highest BCUT2D eigenvalue weighted by atomic mass is 35.5. The molecule has 0 atom stereocenters. The number of ether oxygens (including phenoxy) is 3. The Morgan fingerprint density at radius 2 is 1.77 bits per heavy atom. The second-order valence-electron chi connectivity index (χ2n) is 6.46. The number of carbonyl (C=O) groups excluding carboxylic acids is 1. The fourth-order valence-electron chi connectivity index (χ4n) is 2.77. The van der Waals surface area contributed by atoms with E-state index in [-0.39, 0.29) is 5.91 Å². The van der Waals surface area contributed by atoms with Crippen LogP contribution in [0.15, 0.2) is 71.8 Å². The molecule has 7 heteroatoms. The Morgan fingerprint density at radius 3 is 2.48 bits per heavy atom. The molecule has 0 aliphatic rings. The number of nitrogens with one attached hydrogen (secondary N) is 1. The fraction of sp³-hybridized carbons (Fsp3) is 0.167. The van der Waals surface area contributed by atoms with Gasteiger partial charge < -0.3 is 14.2 Å². The maximum atomic E-state index is 12.4. The molecule has 0 saturated carbocycles. The van der Waals surface area contributed by atoms with Crippen molar-refractivity contribution >= 4 is 23.7 Å². The van der Waals surface area contributed by atoms with E-state index < -0.39 is 0 Å². The molecular weight excluding hydrogens is 416 g/mol. The maximum absolute atomic E-state index is 12.4. The number of benzene rings is 3. The van der Waals surface area contributed by atoms with Crippen LogP contribution in [-0.2, 0) is 6.61 Å². The van der Waals surface area contributed by atoms with Gasteiger partial charge in [0.05, 0.1) is 25.0 Å². The number of amides is 1. The molecule has 0 fully saturated rings. The molecule has 160 valence electrons. The lowest BCUT2D eigenvalue weighted by molar-refractivity contribution is 0.0954. The molecule has 6 nitrogen and oxygen atoms in total. The Balaban J connectivity index is 1.59. The lowest BCUT2D eigenvalue weighted by Gasteiger charge is -2.10. The topological polar surface area (TPSA) is 69.2 Å². The molecule has 1 N–H and O–H groups in total. The van der Waals surface area contributed by atoms with Crippen LogP contribution >= 0.6 is 11.6 Å². The summed E-state index contributed by atoms with van der Waals surface area (Å²) in [5, 5.41) is 4.47. The van der Waals surface area contributed by atoms with Gasteiger partial charge in [-0.15, -0.1) is 0 Å². The predicted octanol–water partition coefficient (Wildman–Crippen LogP) is 5.09. The molecule has 0 aromatic heterocycles. The lowest BCUT2D eigenvalue weighted by atomic mass is 10.2. The average molecular weight is 439 g/mol. The third-order valence-electron chi connectivity index (χ3n) is 4.30. The molecule has 0 spiro atoms. The van der Waals surface area contributed by atoms with E-state index in [0.29, 0.717) is 41.0 Å². The van der Waals surface area contributed by atoms with Crippen molar-refractivity contribution in [2.75, 3.05) is 13.7 Å². The second kappa shape index (κ2) is 11.0. The number of hydrogen-bond acceptors (Lipinski definition) is 5. The Kier molecular flexibility index (Phi) is 7.90. The maximum Gasteiger partial charge on any atom is 0.271 e. The van der Waals surface area contributed by atoms with Crippen molar-refractivity contribution in [1.82, 2.24) is 5.43 Å². The minimum Gasteiger partial charge on any atom is -0.493 e. The van der Waals surface area contributed by atoms with E-state index in [2.05, 4.69) is 10.5 Å². The SMILES string of the molecule is CCOc1cc(C(=O)N/N=C/c2ccc(OCc3ccccc3)c(Cl)c2)ccc1OC. The van der Waals surface area contributed by atoms with Crippen molar-refractivity contribution in [3.63, 3.8) is 0 Å². The van der Waals surface area contributed by atoms with Crippen molar-refractivity contribution in [2.24, 2.45) is 5.10 Å². The van der Waals surface area contributed by atoms with Crippen molar-refractivity contribution in [3.8, 4) is 17.2 Å². The fourth-order valence-corrected chi connectivity index (χ4v) is 3.01. The molecule has 3 rings (SSSR count). The Morgan fingerprint density at radius 1 is 1.00 bits per heavy atom. The molecule has 0 bridgehead atoms. The largest absolute Gasteiger partial charge is 0.493 e. The number of halogens is 1. The van der Waals surface area contributed by atoms with Crippen LogP contribution in [0, 0.1) is 0 Å². The number of hydrazone groups is 1. The van der Waals surface area contributed by atoms with Gasteiger partial charge in [0, 0.05) is 5.56 Å². The Hall–Kier alpha value is -3.51. The van der Waals surface area contributed by atoms with Crippen LogP contribution in [0.5, 0.6) is 17.2 Å². The highest BCUT2D eigenvalue weighted by Crippen LogP contribution is 2.28. The molecule has 31 heavy (non-hydrogen) atoms. The van der Waals surface area contributed by atoms with Crippen LogP contribution in [0.1, 0.15) is 28.4 Å². The summed E-state index contributed by atoms with van der Waals surface area (Å²) < 4.78 is 16.5. The lowest BCUT2D eigenvalue weighted by Crippen LogP contribution is -2.17. The van der Waals surface area contributed by atoms with E-state index in [9.17, 15) is 4.79 Å². The van der Waals surface area contributed by atoms with Crippen molar-refractivity contribution in [3.05, 3.63) is 88.4 Å². The summed E-state index contributed by atoms with van der Waals surface area (Å²) in [5.74, 6) is 1.27. The summed E-state index contributed by atoms with van der Waals surface area (Å²) in [4.78, 5) is 12.4. The smallest absolute Gasteiger partial charge is 0.271 e. The highest BCUT2D eigenvalue weighted by Gasteiger charge is 2.10. The number of methoxy groups -OCH3 is 1. The molecule has 0 saturated heterocycles. The van der Waals surface area contributed by atoms with Gasteiger partial charge in [0.1, 0.15) is 12.4 Å². The zero-order valence-electron chi connectivity index (χ0n) is 17.3. The number of nitrogens with zero attached hydrogens (tertiary/aromatic N) is 1. The van der Waals surface area contributed by atoms with Crippen LogP contribution in [0.2, 0.25) is 5.02 Å². The Bertz CT molecular complexity index is 1050. The molecule has 3 aromatic rings. The first-order valence-electron chi connectivity index (χ1n) is 9.71. The van der Waals surface area contributed by atoms with Gasteiger partial charge in [0.2, 0.25) is 0 Å². The van der Waals surface area contributed by atoms with Crippen LogP contribution in [0.25, 0.3) is 0 Å². The van der Waals surface area contributed by atoms with Gasteiger partial charge >= 0.3 is 0 Å². The van der Waals surface area contributed by atoms with Crippen molar-refractivity contribution in [1.29, 1.82) is 0 Å². The standard InChI is InChI=1S/C24H23ClN2O4/c1-3-30-23-14-19(10-12-22(23)29-2)24(28)27-26-15-18-9-11-21(20(25)13-18)31-16-17-7-5-4-6-8-17/h4-15H,3,16H2,1-2H3,(H,27,28)/b26-15+. The molecule has 0 heterocycles. The molecule has 0 aliphatic carbocycles. The van der Waals surface area contributed by atoms with Gasteiger partial charge in [0.25, 0.3) is 5.91 Å². The van der Waals surface area contributed by atoms with Gasteiger partial charge in [-0.05, 0) is 54.4 Å². The van der Waals surface area contributed by atoms with E-state index in [1.807, 2.05) is 43.3 Å². The zero-order valence-corrected chi connectivity index (χ0v) is 18.1. The third kappa shape index (κ3) is 6.23. The van der Waals surface area contributed by atoms with Crippen molar-refractivity contribution in [2.45, 2.75) is 13.5 Å². The van der Waals surface area contributed by atoms with Crippen LogP contribution in [0.4, 0.5) is 0 Å². The van der Waals surface area contributed by atoms with Crippen molar-refractivity contribution < 1.29 is 19.0 Å². The minimum absolute atomic E-state index is 0.367. The third-order valence-corrected chi connectivity index (χ3v) is 4.59. The van der Waals surface area contributed by atoms with E-state index >= 15 is 0 Å². The van der Waals surface area contributed by atoms with E-state index in [0.717, 1.165) is 11.1 Å². The first-order chi connectivity index (χ1) is 15.1. The quantitative estimate of drug-likeness (QED) is 0.373. The number of rotatable bonds is 9. The van der Waals surface area contributed by atoms with Gasteiger partial charge in [-0.3, -0.25) is 4.79 Å². The predicted molar refractivity (Wildman–Crippen MR) is 121 cm³/mol. The summed E-state index contributed by atoms with van der Waals surface area (Å²) in [7, 11) is 1.55. The van der Waals surface area contributed by atoms with E-state index in [4.69, 9.17) is 25.8 Å². The first-order valence-corrected chi connectivity index (χ1v) is 10.1. The average Bonchev–Trinajstić information content (AvgIpc) is 2.79.